The predicted molar refractivity (Wildman–Crippen MR) is 76.2 cm³/mol. The molecular weight excluding hydrogens is 240 g/mol. The van der Waals surface area contributed by atoms with E-state index in [1.165, 1.54) is 4.68 Å². The van der Waals surface area contributed by atoms with E-state index in [1.807, 2.05) is 25.2 Å². The molecule has 0 amide bonds. The van der Waals surface area contributed by atoms with Gasteiger partial charge in [0.2, 0.25) is 0 Å². The fraction of sp³-hybridized carbons (Fsp3) is 0.500. The fourth-order valence-corrected chi connectivity index (χ4v) is 2.21. The van der Waals surface area contributed by atoms with Crippen molar-refractivity contribution < 1.29 is 0 Å². The highest BCUT2D eigenvalue weighted by Crippen LogP contribution is 2.05. The van der Waals surface area contributed by atoms with Crippen LogP contribution in [0.2, 0.25) is 0 Å². The summed E-state index contributed by atoms with van der Waals surface area (Å²) in [6.45, 7) is 2.78. The van der Waals surface area contributed by atoms with Crippen molar-refractivity contribution in [2.75, 3.05) is 7.05 Å². The molecule has 0 radical (unpaired) electrons. The number of hydrogen-bond donors (Lipinski definition) is 1. The van der Waals surface area contributed by atoms with Crippen LogP contribution < -0.4 is 10.9 Å². The van der Waals surface area contributed by atoms with Gasteiger partial charge in [-0.2, -0.15) is 0 Å². The molecule has 5 heteroatoms. The van der Waals surface area contributed by atoms with Crippen LogP contribution >= 0.6 is 0 Å². The second-order valence-corrected chi connectivity index (χ2v) is 4.67. The van der Waals surface area contributed by atoms with Crippen LogP contribution in [0.3, 0.4) is 0 Å². The highest BCUT2D eigenvalue weighted by atomic mass is 16.1. The molecule has 102 valence electrons. The molecule has 2 rings (SSSR count). The number of benzene rings is 1. The van der Waals surface area contributed by atoms with Crippen molar-refractivity contribution in [1.82, 2.24) is 20.3 Å². The van der Waals surface area contributed by atoms with E-state index in [-0.39, 0.29) is 5.56 Å². The lowest BCUT2D eigenvalue weighted by Gasteiger charge is -2.13. The molecule has 1 N–H and O–H groups in total. The van der Waals surface area contributed by atoms with E-state index in [1.54, 1.807) is 6.07 Å². The third-order valence-electron chi connectivity index (χ3n) is 3.45. The molecule has 1 aromatic carbocycles. The van der Waals surface area contributed by atoms with Crippen LogP contribution in [0.15, 0.2) is 29.1 Å². The molecule has 0 fully saturated rings. The number of fused-ring (bicyclic) bond motifs is 1. The van der Waals surface area contributed by atoms with E-state index in [9.17, 15) is 4.79 Å². The second kappa shape index (κ2) is 6.43. The Morgan fingerprint density at radius 3 is 2.89 bits per heavy atom. The van der Waals surface area contributed by atoms with Crippen LogP contribution in [0.1, 0.15) is 26.2 Å². The Morgan fingerprint density at radius 1 is 1.37 bits per heavy atom. The van der Waals surface area contributed by atoms with Crippen LogP contribution in [0.4, 0.5) is 0 Å². The molecule has 2 aromatic rings. The van der Waals surface area contributed by atoms with Crippen molar-refractivity contribution >= 4 is 10.9 Å². The maximum absolute atomic E-state index is 12.2. The van der Waals surface area contributed by atoms with Crippen LogP contribution in [-0.2, 0) is 6.54 Å². The zero-order valence-corrected chi connectivity index (χ0v) is 11.5. The average Bonchev–Trinajstić information content (AvgIpc) is 2.46. The summed E-state index contributed by atoms with van der Waals surface area (Å²) >= 11 is 0. The first kappa shape index (κ1) is 13.7. The average molecular weight is 260 g/mol. The van der Waals surface area contributed by atoms with Gasteiger partial charge in [0.1, 0.15) is 5.52 Å². The number of nitrogens with zero attached hydrogens (tertiary/aromatic N) is 3. The standard InChI is InChI=1S/C14H20N4O/c1-3-11(15-2)7-6-10-18-14(19)12-8-4-5-9-13(12)16-17-18/h4-5,8-9,11,15H,3,6-7,10H2,1-2H3. The van der Waals surface area contributed by atoms with Crippen molar-refractivity contribution in [2.45, 2.75) is 38.8 Å². The summed E-state index contributed by atoms with van der Waals surface area (Å²) in [5.74, 6) is 0. The molecule has 1 unspecified atom stereocenters. The molecule has 0 aliphatic carbocycles. The first-order chi connectivity index (χ1) is 9.26. The van der Waals surface area contributed by atoms with Gasteiger partial charge in [0.25, 0.3) is 5.56 Å². The zero-order chi connectivity index (χ0) is 13.7. The fourth-order valence-electron chi connectivity index (χ4n) is 2.21. The van der Waals surface area contributed by atoms with Gasteiger partial charge in [-0.15, -0.1) is 5.10 Å². The minimum Gasteiger partial charge on any atom is -0.317 e. The Bertz CT molecular complexity index is 589. The summed E-state index contributed by atoms with van der Waals surface area (Å²) in [4.78, 5) is 12.2. The molecule has 1 aromatic heterocycles. The topological polar surface area (TPSA) is 59.8 Å². The van der Waals surface area contributed by atoms with Gasteiger partial charge in [0.15, 0.2) is 0 Å². The lowest BCUT2D eigenvalue weighted by Crippen LogP contribution is -2.27. The first-order valence-electron chi connectivity index (χ1n) is 6.76. The Labute approximate surface area is 112 Å². The summed E-state index contributed by atoms with van der Waals surface area (Å²) in [6, 6.07) is 7.82. The summed E-state index contributed by atoms with van der Waals surface area (Å²) in [6.07, 6.45) is 3.05. The van der Waals surface area contributed by atoms with Crippen molar-refractivity contribution in [3.8, 4) is 0 Å². The SMILES string of the molecule is CCC(CCCn1nnc2ccccc2c1=O)NC. The number of hydrogen-bond acceptors (Lipinski definition) is 4. The lowest BCUT2D eigenvalue weighted by atomic mass is 10.1. The normalized spacial score (nSPS) is 12.7. The van der Waals surface area contributed by atoms with E-state index < -0.39 is 0 Å². The third kappa shape index (κ3) is 3.17. The number of nitrogens with one attached hydrogen (secondary N) is 1. The van der Waals surface area contributed by atoms with Crippen molar-refractivity contribution in [2.24, 2.45) is 0 Å². The quantitative estimate of drug-likeness (QED) is 0.856. The zero-order valence-electron chi connectivity index (χ0n) is 11.5. The molecule has 0 saturated carbocycles. The van der Waals surface area contributed by atoms with Crippen LogP contribution in [0.5, 0.6) is 0 Å². The van der Waals surface area contributed by atoms with Gasteiger partial charge in [-0.3, -0.25) is 4.79 Å². The number of aryl methyl sites for hydroxylation is 1. The maximum Gasteiger partial charge on any atom is 0.277 e. The Morgan fingerprint density at radius 2 is 2.16 bits per heavy atom. The monoisotopic (exact) mass is 260 g/mol. The second-order valence-electron chi connectivity index (χ2n) is 4.67. The Kier molecular flexibility index (Phi) is 4.63. The molecule has 1 atom stereocenters. The van der Waals surface area contributed by atoms with Gasteiger partial charge < -0.3 is 5.32 Å². The minimum atomic E-state index is -0.0527. The Hall–Kier alpha value is -1.75. The largest absolute Gasteiger partial charge is 0.317 e. The maximum atomic E-state index is 12.2. The van der Waals surface area contributed by atoms with E-state index in [2.05, 4.69) is 22.6 Å². The van der Waals surface area contributed by atoms with Crippen LogP contribution in [0.25, 0.3) is 10.9 Å². The van der Waals surface area contributed by atoms with Gasteiger partial charge in [0.05, 0.1) is 5.39 Å². The highest BCUT2D eigenvalue weighted by molar-refractivity contribution is 5.76. The van der Waals surface area contributed by atoms with E-state index in [0.717, 1.165) is 19.3 Å². The summed E-state index contributed by atoms with van der Waals surface area (Å²) < 4.78 is 1.46. The molecule has 0 aliphatic rings. The number of rotatable bonds is 6. The van der Waals surface area contributed by atoms with Crippen molar-refractivity contribution in [3.05, 3.63) is 34.6 Å². The first-order valence-corrected chi connectivity index (χ1v) is 6.76. The summed E-state index contributed by atoms with van der Waals surface area (Å²) in [7, 11) is 1.97. The molecule has 19 heavy (non-hydrogen) atoms. The Balaban J connectivity index is 2.09. The lowest BCUT2D eigenvalue weighted by molar-refractivity contribution is 0.442. The molecular formula is C14H20N4O. The minimum absolute atomic E-state index is 0.0527. The van der Waals surface area contributed by atoms with Gasteiger partial charge in [-0.25, -0.2) is 4.68 Å². The van der Waals surface area contributed by atoms with Gasteiger partial charge in [-0.1, -0.05) is 24.3 Å². The molecule has 0 spiro atoms. The molecule has 5 nitrogen and oxygen atoms in total. The molecule has 1 heterocycles. The summed E-state index contributed by atoms with van der Waals surface area (Å²) in [5.41, 5.74) is 0.605. The molecule has 0 aliphatic heterocycles. The van der Waals surface area contributed by atoms with Crippen LogP contribution in [0, 0.1) is 0 Å². The summed E-state index contributed by atoms with van der Waals surface area (Å²) in [5, 5.41) is 12.0. The highest BCUT2D eigenvalue weighted by Gasteiger charge is 2.06. The molecule has 0 saturated heterocycles. The smallest absolute Gasteiger partial charge is 0.277 e. The van der Waals surface area contributed by atoms with Gasteiger partial charge >= 0.3 is 0 Å². The van der Waals surface area contributed by atoms with Crippen molar-refractivity contribution in [1.29, 1.82) is 0 Å². The van der Waals surface area contributed by atoms with E-state index in [0.29, 0.717) is 23.5 Å². The van der Waals surface area contributed by atoms with E-state index >= 15 is 0 Å². The predicted octanol–water partition coefficient (Wildman–Crippen LogP) is 1.57. The van der Waals surface area contributed by atoms with Gasteiger partial charge in [0, 0.05) is 12.6 Å². The van der Waals surface area contributed by atoms with Crippen molar-refractivity contribution in [3.63, 3.8) is 0 Å². The third-order valence-corrected chi connectivity index (χ3v) is 3.45. The molecule has 0 bridgehead atoms. The number of aromatic nitrogens is 3. The van der Waals surface area contributed by atoms with E-state index in [4.69, 9.17) is 0 Å². The van der Waals surface area contributed by atoms with Crippen LogP contribution in [-0.4, -0.2) is 28.1 Å². The van der Waals surface area contributed by atoms with Gasteiger partial charge in [-0.05, 0) is 38.4 Å².